The number of rotatable bonds is 11. The fraction of sp³-hybridized carbons (Fsp3) is 0.842. The zero-order valence-corrected chi connectivity index (χ0v) is 15.1. The molecule has 140 valence electrons. The smallest absolute Gasteiger partial charge is 0.305 e. The minimum atomic E-state index is -0.523. The van der Waals surface area contributed by atoms with Crippen molar-refractivity contribution < 1.29 is 24.9 Å². The second-order valence-corrected chi connectivity index (χ2v) is 6.85. The molecule has 1 aliphatic carbocycles. The van der Waals surface area contributed by atoms with Crippen LogP contribution < -0.4 is 0 Å². The van der Waals surface area contributed by atoms with E-state index in [2.05, 4.69) is 4.74 Å². The molecule has 1 rings (SSSR count). The number of aliphatic hydroxyl groups is 3. The first kappa shape index (κ1) is 21.1. The number of unbranched alkanes of at least 4 members (excludes halogenated alkanes) is 4. The van der Waals surface area contributed by atoms with Crippen molar-refractivity contribution in [2.45, 2.75) is 83.0 Å². The van der Waals surface area contributed by atoms with Crippen LogP contribution in [0, 0.1) is 11.8 Å². The number of ether oxygens (including phenoxy) is 1. The molecule has 1 saturated carbocycles. The Hall–Kier alpha value is -0.910. The van der Waals surface area contributed by atoms with Gasteiger partial charge in [0.15, 0.2) is 0 Å². The number of esters is 1. The van der Waals surface area contributed by atoms with Crippen LogP contribution in [0.5, 0.6) is 0 Å². The molecule has 0 bridgehead atoms. The van der Waals surface area contributed by atoms with Crippen molar-refractivity contribution in [2.24, 2.45) is 11.8 Å². The van der Waals surface area contributed by atoms with Gasteiger partial charge in [0, 0.05) is 18.8 Å². The third-order valence-corrected chi connectivity index (χ3v) is 5.04. The summed E-state index contributed by atoms with van der Waals surface area (Å²) >= 11 is 0. The maximum absolute atomic E-state index is 11.0. The van der Waals surface area contributed by atoms with Gasteiger partial charge in [-0.3, -0.25) is 4.79 Å². The van der Waals surface area contributed by atoms with E-state index in [1.54, 1.807) is 6.08 Å². The predicted octanol–water partition coefficient (Wildman–Crippen LogP) is 2.58. The molecular weight excluding hydrogens is 308 g/mol. The molecule has 0 aromatic heterocycles. The summed E-state index contributed by atoms with van der Waals surface area (Å²) in [6, 6.07) is 0. The van der Waals surface area contributed by atoms with E-state index in [1.807, 2.05) is 13.0 Å². The van der Waals surface area contributed by atoms with Crippen LogP contribution >= 0.6 is 0 Å². The Labute approximate surface area is 145 Å². The molecule has 1 fully saturated rings. The second kappa shape index (κ2) is 11.6. The minimum Gasteiger partial charge on any atom is -0.469 e. The van der Waals surface area contributed by atoms with Crippen LogP contribution in [-0.2, 0) is 9.53 Å². The van der Waals surface area contributed by atoms with Crippen LogP contribution in [0.15, 0.2) is 12.2 Å². The molecule has 0 aromatic carbocycles. The molecular formula is C19H34O5. The molecule has 0 heterocycles. The maximum atomic E-state index is 11.0. The topological polar surface area (TPSA) is 87.0 Å². The van der Waals surface area contributed by atoms with Crippen LogP contribution in [0.2, 0.25) is 0 Å². The number of carbonyl (C=O) groups excluding carboxylic acids is 1. The quantitative estimate of drug-likeness (QED) is 0.305. The highest BCUT2D eigenvalue weighted by atomic mass is 16.5. The summed E-state index contributed by atoms with van der Waals surface area (Å²) in [5, 5.41) is 29.9. The molecule has 0 aliphatic heterocycles. The fourth-order valence-corrected chi connectivity index (χ4v) is 3.45. The first-order valence-electron chi connectivity index (χ1n) is 9.28. The zero-order valence-electron chi connectivity index (χ0n) is 15.1. The molecule has 0 unspecified atom stereocenters. The third-order valence-electron chi connectivity index (χ3n) is 5.04. The lowest BCUT2D eigenvalue weighted by Crippen LogP contribution is -2.21. The molecule has 5 atom stereocenters. The van der Waals surface area contributed by atoms with Crippen molar-refractivity contribution in [3.05, 3.63) is 12.2 Å². The molecule has 0 saturated heterocycles. The highest BCUT2D eigenvalue weighted by Gasteiger charge is 2.39. The Balaban J connectivity index is 2.28. The van der Waals surface area contributed by atoms with Crippen molar-refractivity contribution in [3.63, 3.8) is 0 Å². The van der Waals surface area contributed by atoms with E-state index in [9.17, 15) is 20.1 Å². The van der Waals surface area contributed by atoms with E-state index >= 15 is 0 Å². The van der Waals surface area contributed by atoms with Gasteiger partial charge in [0.2, 0.25) is 0 Å². The normalized spacial score (nSPS) is 28.4. The third kappa shape index (κ3) is 7.32. The highest BCUT2D eigenvalue weighted by molar-refractivity contribution is 5.68. The fourth-order valence-electron chi connectivity index (χ4n) is 3.45. The molecule has 3 N–H and O–H groups in total. The van der Waals surface area contributed by atoms with Gasteiger partial charge in [-0.15, -0.1) is 0 Å². The number of carbonyl (C=O) groups is 1. The van der Waals surface area contributed by atoms with E-state index < -0.39 is 18.3 Å². The van der Waals surface area contributed by atoms with Gasteiger partial charge in [-0.25, -0.2) is 0 Å². The van der Waals surface area contributed by atoms with E-state index in [0.717, 1.165) is 38.5 Å². The number of hydrogen-bond donors (Lipinski definition) is 3. The first-order valence-corrected chi connectivity index (χ1v) is 9.28. The maximum Gasteiger partial charge on any atom is 0.305 e. The summed E-state index contributed by atoms with van der Waals surface area (Å²) in [4.78, 5) is 11.0. The van der Waals surface area contributed by atoms with Crippen LogP contribution in [0.25, 0.3) is 0 Å². The monoisotopic (exact) mass is 342 g/mol. The van der Waals surface area contributed by atoms with Crippen LogP contribution in [0.4, 0.5) is 0 Å². The van der Waals surface area contributed by atoms with Gasteiger partial charge in [0.1, 0.15) is 0 Å². The molecule has 5 nitrogen and oxygen atoms in total. The van der Waals surface area contributed by atoms with E-state index in [4.69, 9.17) is 0 Å². The average Bonchev–Trinajstić information content (AvgIpc) is 2.84. The zero-order chi connectivity index (χ0) is 17.9. The highest BCUT2D eigenvalue weighted by Crippen LogP contribution is 2.37. The summed E-state index contributed by atoms with van der Waals surface area (Å²) in [6.45, 7) is 1.91. The van der Waals surface area contributed by atoms with Crippen LogP contribution in [0.3, 0.4) is 0 Å². The lowest BCUT2D eigenvalue weighted by atomic mass is 9.88. The Morgan fingerprint density at radius 3 is 2.50 bits per heavy atom. The van der Waals surface area contributed by atoms with Crippen molar-refractivity contribution in [2.75, 3.05) is 7.11 Å². The van der Waals surface area contributed by atoms with E-state index in [1.165, 1.54) is 7.11 Å². The van der Waals surface area contributed by atoms with Gasteiger partial charge in [-0.2, -0.15) is 0 Å². The predicted molar refractivity (Wildman–Crippen MR) is 93.4 cm³/mol. The summed E-state index contributed by atoms with van der Waals surface area (Å²) in [5.41, 5.74) is 0. The lowest BCUT2D eigenvalue weighted by molar-refractivity contribution is -0.140. The Kier molecular flexibility index (Phi) is 10.2. The molecule has 1 aliphatic rings. The van der Waals surface area contributed by atoms with Crippen LogP contribution in [0.1, 0.15) is 64.7 Å². The van der Waals surface area contributed by atoms with Gasteiger partial charge in [-0.1, -0.05) is 44.8 Å². The molecule has 0 spiro atoms. The molecule has 0 radical (unpaired) electrons. The molecule has 0 aromatic rings. The van der Waals surface area contributed by atoms with Gasteiger partial charge in [0.05, 0.1) is 25.4 Å². The molecule has 5 heteroatoms. The standard InChI is InChI=1S/C19H34O5/c1-3-14(20)11-12-16-15(17(21)13-18(16)22)9-7-5-4-6-8-10-19(23)24-2/h11-12,14-18,20-22H,3-10,13H2,1-2H3/b12-11+/t14-,15+,16-,17+,18-/m0/s1. The SMILES string of the molecule is CC[C@H](O)/C=C/[C@H]1[C@@H](CCCCCCCC(=O)OC)[C@H](O)C[C@@H]1O. The van der Waals surface area contributed by atoms with Gasteiger partial charge in [0.25, 0.3) is 0 Å². The molecule has 24 heavy (non-hydrogen) atoms. The van der Waals surface area contributed by atoms with Crippen molar-refractivity contribution in [3.8, 4) is 0 Å². The van der Waals surface area contributed by atoms with Crippen LogP contribution in [-0.4, -0.2) is 46.7 Å². The molecule has 0 amide bonds. The summed E-state index contributed by atoms with van der Waals surface area (Å²) in [6.07, 6.45) is 9.60. The Morgan fingerprint density at radius 1 is 1.17 bits per heavy atom. The number of hydrogen-bond acceptors (Lipinski definition) is 5. The van der Waals surface area contributed by atoms with Crippen molar-refractivity contribution >= 4 is 5.97 Å². The summed E-state index contributed by atoms with van der Waals surface area (Å²) < 4.78 is 4.61. The summed E-state index contributed by atoms with van der Waals surface area (Å²) in [5.74, 6) is -0.155. The van der Waals surface area contributed by atoms with E-state index in [-0.39, 0.29) is 17.8 Å². The Bertz CT molecular complexity index is 382. The van der Waals surface area contributed by atoms with Gasteiger partial charge < -0.3 is 20.1 Å². The Morgan fingerprint density at radius 2 is 1.83 bits per heavy atom. The van der Waals surface area contributed by atoms with E-state index in [0.29, 0.717) is 19.3 Å². The van der Waals surface area contributed by atoms with Gasteiger partial charge in [-0.05, 0) is 25.2 Å². The second-order valence-electron chi connectivity index (χ2n) is 6.85. The first-order chi connectivity index (χ1) is 11.5. The van der Waals surface area contributed by atoms with Crippen molar-refractivity contribution in [1.29, 1.82) is 0 Å². The van der Waals surface area contributed by atoms with Crippen molar-refractivity contribution in [1.82, 2.24) is 0 Å². The minimum absolute atomic E-state index is 0.0652. The summed E-state index contributed by atoms with van der Waals surface area (Å²) in [7, 11) is 1.41. The number of aliphatic hydroxyl groups excluding tert-OH is 3. The largest absolute Gasteiger partial charge is 0.469 e. The van der Waals surface area contributed by atoms with Gasteiger partial charge >= 0.3 is 5.97 Å². The number of methoxy groups -OCH3 is 1. The average molecular weight is 342 g/mol. The lowest BCUT2D eigenvalue weighted by Gasteiger charge is -2.21.